The number of para-hydroxylation sites is 1. The highest BCUT2D eigenvalue weighted by Crippen LogP contribution is 2.33. The normalized spacial score (nSPS) is 27.2. The number of thioether (sulfide) groups is 1. The highest BCUT2D eigenvalue weighted by Gasteiger charge is 2.44. The molecule has 3 unspecified atom stereocenters. The first-order chi connectivity index (χ1) is 14.5. The van der Waals surface area contributed by atoms with Crippen LogP contribution < -0.4 is 15.8 Å². The average Bonchev–Trinajstić information content (AvgIpc) is 3.13. The molecule has 2 fully saturated rings. The third-order valence-electron chi connectivity index (χ3n) is 6.41. The van der Waals surface area contributed by atoms with Crippen LogP contribution in [0.15, 0.2) is 29.3 Å². The zero-order valence-corrected chi connectivity index (χ0v) is 18.8. The molecule has 162 valence electrons. The molecule has 1 aromatic rings. The summed E-state index contributed by atoms with van der Waals surface area (Å²) in [7, 11) is 0. The van der Waals surface area contributed by atoms with E-state index in [1.54, 1.807) is 0 Å². The molecule has 4 rings (SSSR count). The van der Waals surface area contributed by atoms with Gasteiger partial charge in [0.2, 0.25) is 5.91 Å². The number of aliphatic imine (C=N–C) groups is 1. The van der Waals surface area contributed by atoms with Gasteiger partial charge in [0.1, 0.15) is 12.0 Å². The molecule has 2 saturated heterocycles. The first-order valence-corrected chi connectivity index (χ1v) is 11.9. The molecule has 3 N–H and O–H groups in total. The molecule has 0 spiro atoms. The van der Waals surface area contributed by atoms with Crippen molar-refractivity contribution in [3.8, 4) is 0 Å². The minimum atomic E-state index is -0.175. The van der Waals surface area contributed by atoms with Gasteiger partial charge in [0.05, 0.1) is 17.4 Å². The lowest BCUT2D eigenvalue weighted by Crippen LogP contribution is -2.51. The number of amides is 1. The maximum Gasteiger partial charge on any atom is 0.233 e. The SMILES string of the molecule is CCc1ccccc1N1C(=N)C2C(C)NNC2N=C1SCC(=O)N1CCC(C)CC1. The van der Waals surface area contributed by atoms with Crippen molar-refractivity contribution in [3.05, 3.63) is 29.8 Å². The van der Waals surface area contributed by atoms with Crippen LogP contribution in [0, 0.1) is 17.2 Å². The van der Waals surface area contributed by atoms with Gasteiger partial charge < -0.3 is 4.90 Å². The summed E-state index contributed by atoms with van der Waals surface area (Å²) in [6.45, 7) is 8.14. The largest absolute Gasteiger partial charge is 0.342 e. The van der Waals surface area contributed by atoms with Gasteiger partial charge in [-0.3, -0.25) is 20.5 Å². The van der Waals surface area contributed by atoms with E-state index in [9.17, 15) is 4.79 Å². The van der Waals surface area contributed by atoms with Crippen molar-refractivity contribution in [1.29, 1.82) is 5.41 Å². The first-order valence-electron chi connectivity index (χ1n) is 11.0. The Morgan fingerprint density at radius 3 is 2.70 bits per heavy atom. The van der Waals surface area contributed by atoms with E-state index in [1.165, 1.54) is 17.3 Å². The third-order valence-corrected chi connectivity index (χ3v) is 7.35. The number of rotatable bonds is 4. The van der Waals surface area contributed by atoms with Crippen molar-refractivity contribution in [2.24, 2.45) is 16.8 Å². The van der Waals surface area contributed by atoms with E-state index in [2.05, 4.69) is 43.8 Å². The number of fused-ring (bicyclic) bond motifs is 1. The van der Waals surface area contributed by atoms with Crippen molar-refractivity contribution in [3.63, 3.8) is 0 Å². The summed E-state index contributed by atoms with van der Waals surface area (Å²) in [5, 5.41) is 9.73. The van der Waals surface area contributed by atoms with Gasteiger partial charge >= 0.3 is 0 Å². The predicted octanol–water partition coefficient (Wildman–Crippen LogP) is 2.83. The molecule has 3 heterocycles. The number of benzene rings is 1. The molecule has 0 aliphatic carbocycles. The van der Waals surface area contributed by atoms with Crippen molar-refractivity contribution in [2.75, 3.05) is 23.7 Å². The van der Waals surface area contributed by atoms with E-state index in [4.69, 9.17) is 10.4 Å². The lowest BCUT2D eigenvalue weighted by Gasteiger charge is -2.37. The minimum Gasteiger partial charge on any atom is -0.342 e. The number of aryl methyl sites for hydroxylation is 1. The van der Waals surface area contributed by atoms with E-state index in [-0.39, 0.29) is 24.0 Å². The fraction of sp³-hybridized carbons (Fsp3) is 0.591. The highest BCUT2D eigenvalue weighted by molar-refractivity contribution is 8.14. The molecule has 8 heteroatoms. The van der Waals surface area contributed by atoms with Crippen molar-refractivity contribution < 1.29 is 4.79 Å². The van der Waals surface area contributed by atoms with Gasteiger partial charge in [-0.15, -0.1) is 0 Å². The molecule has 1 amide bonds. The summed E-state index contributed by atoms with van der Waals surface area (Å²) in [4.78, 5) is 21.7. The lowest BCUT2D eigenvalue weighted by molar-refractivity contribution is -0.129. The van der Waals surface area contributed by atoms with Crippen molar-refractivity contribution in [2.45, 2.75) is 52.2 Å². The van der Waals surface area contributed by atoms with Crippen LogP contribution in [0.3, 0.4) is 0 Å². The number of anilines is 1. The number of likely N-dealkylation sites (tertiary alicyclic amines) is 1. The first kappa shape index (κ1) is 21.3. The molecule has 30 heavy (non-hydrogen) atoms. The molecule has 0 bridgehead atoms. The van der Waals surface area contributed by atoms with Crippen LogP contribution in [0.1, 0.15) is 39.2 Å². The monoisotopic (exact) mass is 428 g/mol. The fourth-order valence-corrected chi connectivity index (χ4v) is 5.38. The topological polar surface area (TPSA) is 83.8 Å². The molecular formula is C22H32N6OS. The number of carbonyl (C=O) groups excluding carboxylic acids is 1. The number of piperidine rings is 1. The zero-order chi connectivity index (χ0) is 21.3. The van der Waals surface area contributed by atoms with Gasteiger partial charge in [-0.1, -0.05) is 43.8 Å². The van der Waals surface area contributed by atoms with Crippen molar-refractivity contribution >= 4 is 34.4 Å². The fourth-order valence-electron chi connectivity index (χ4n) is 4.44. The summed E-state index contributed by atoms with van der Waals surface area (Å²) in [5.74, 6) is 1.70. The van der Waals surface area contributed by atoms with Gasteiger partial charge in [-0.2, -0.15) is 0 Å². The summed E-state index contributed by atoms with van der Waals surface area (Å²) < 4.78 is 0. The quantitative estimate of drug-likeness (QED) is 0.687. The zero-order valence-electron chi connectivity index (χ0n) is 18.0. The molecule has 3 atom stereocenters. The van der Waals surface area contributed by atoms with Crippen LogP contribution in [0.2, 0.25) is 0 Å². The second-order valence-electron chi connectivity index (χ2n) is 8.51. The Bertz CT molecular complexity index is 835. The molecule has 0 radical (unpaired) electrons. The summed E-state index contributed by atoms with van der Waals surface area (Å²) in [6.07, 6.45) is 2.86. The Labute approximate surface area is 183 Å². The predicted molar refractivity (Wildman–Crippen MR) is 124 cm³/mol. The number of hydrogen-bond acceptors (Lipinski definition) is 6. The minimum absolute atomic E-state index is 0.0430. The highest BCUT2D eigenvalue weighted by atomic mass is 32.2. The molecule has 3 aliphatic heterocycles. The van der Waals surface area contributed by atoms with E-state index in [1.807, 2.05) is 21.9 Å². The Hall–Kier alpha value is -1.90. The standard InChI is InChI=1S/C22H32N6OS/c1-4-16-7-5-6-8-17(16)28-20(23)19-15(3)25-26-21(19)24-22(28)30-13-18(29)27-11-9-14(2)10-12-27/h5-8,14-15,19,21,23,25-26H,4,9-13H2,1-3H3. The number of nitrogens with zero attached hydrogens (tertiary/aromatic N) is 3. The lowest BCUT2D eigenvalue weighted by atomic mass is 9.96. The van der Waals surface area contributed by atoms with Crippen molar-refractivity contribution in [1.82, 2.24) is 15.8 Å². The number of carbonyl (C=O) groups is 1. The molecule has 0 aromatic heterocycles. The van der Waals surface area contributed by atoms with Crippen LogP contribution in [0.4, 0.5) is 5.69 Å². The maximum absolute atomic E-state index is 12.8. The molecule has 7 nitrogen and oxygen atoms in total. The Kier molecular flexibility index (Phi) is 6.46. The Morgan fingerprint density at radius 1 is 1.23 bits per heavy atom. The number of amidine groups is 2. The van der Waals surface area contributed by atoms with Crippen LogP contribution >= 0.6 is 11.8 Å². The second-order valence-corrected chi connectivity index (χ2v) is 9.46. The average molecular weight is 429 g/mol. The summed E-state index contributed by atoms with van der Waals surface area (Å²) in [5.41, 5.74) is 8.61. The third kappa shape index (κ3) is 4.13. The molecule has 3 aliphatic rings. The summed E-state index contributed by atoms with van der Waals surface area (Å²) >= 11 is 1.45. The number of hydrogen-bond donors (Lipinski definition) is 3. The van der Waals surface area contributed by atoms with Gasteiger partial charge in [0.25, 0.3) is 0 Å². The number of hydrazine groups is 1. The molecule has 1 aromatic carbocycles. The van der Waals surface area contributed by atoms with E-state index in [0.29, 0.717) is 17.5 Å². The van der Waals surface area contributed by atoms with Crippen LogP contribution in [0.25, 0.3) is 0 Å². The maximum atomic E-state index is 12.8. The second kappa shape index (κ2) is 9.08. The van der Waals surface area contributed by atoms with Gasteiger partial charge in [-0.05, 0) is 43.7 Å². The van der Waals surface area contributed by atoms with Gasteiger partial charge in [0, 0.05) is 19.1 Å². The van der Waals surface area contributed by atoms with Crippen LogP contribution in [-0.4, -0.2) is 52.9 Å². The van der Waals surface area contributed by atoms with Gasteiger partial charge in [-0.25, -0.2) is 10.4 Å². The van der Waals surface area contributed by atoms with E-state index >= 15 is 0 Å². The summed E-state index contributed by atoms with van der Waals surface area (Å²) in [6, 6.07) is 8.31. The van der Waals surface area contributed by atoms with Crippen LogP contribution in [0.5, 0.6) is 0 Å². The molecule has 0 saturated carbocycles. The van der Waals surface area contributed by atoms with E-state index < -0.39 is 0 Å². The molecular weight excluding hydrogens is 396 g/mol. The Morgan fingerprint density at radius 2 is 1.97 bits per heavy atom. The van der Waals surface area contributed by atoms with Gasteiger partial charge in [0.15, 0.2) is 5.17 Å². The van der Waals surface area contributed by atoms with E-state index in [0.717, 1.165) is 43.2 Å². The Balaban J connectivity index is 1.57. The number of nitrogens with one attached hydrogen (secondary N) is 3. The smallest absolute Gasteiger partial charge is 0.233 e. The van der Waals surface area contributed by atoms with Crippen LogP contribution in [-0.2, 0) is 11.2 Å².